The van der Waals surface area contributed by atoms with E-state index in [-0.39, 0.29) is 11.5 Å². The highest BCUT2D eigenvalue weighted by molar-refractivity contribution is 7.89. The number of aryl methyl sites for hydroxylation is 1. The second kappa shape index (κ2) is 6.75. The van der Waals surface area contributed by atoms with Gasteiger partial charge in [0.1, 0.15) is 24.7 Å². The molecule has 1 unspecified atom stereocenters. The van der Waals surface area contributed by atoms with E-state index in [2.05, 4.69) is 14.8 Å². The molecule has 1 heterocycles. The van der Waals surface area contributed by atoms with Crippen LogP contribution in [0.4, 0.5) is 0 Å². The Morgan fingerprint density at radius 1 is 1.39 bits per heavy atom. The predicted octanol–water partition coefficient (Wildman–Crippen LogP) is 0.145. The van der Waals surface area contributed by atoms with E-state index in [1.54, 1.807) is 11.7 Å². The van der Waals surface area contributed by atoms with Crippen LogP contribution in [0.1, 0.15) is 12.7 Å². The number of nitrogens with one attached hydrogen (secondary N) is 1. The average Bonchev–Trinajstić information content (AvgIpc) is 2.90. The van der Waals surface area contributed by atoms with Crippen LogP contribution in [0.15, 0.2) is 35.5 Å². The molecule has 0 amide bonds. The van der Waals surface area contributed by atoms with Crippen LogP contribution in [-0.4, -0.2) is 40.3 Å². The summed E-state index contributed by atoms with van der Waals surface area (Å²) in [5, 5.41) is 12.7. The Hall–Kier alpha value is -2.46. The van der Waals surface area contributed by atoms with Gasteiger partial charge in [0, 0.05) is 7.05 Å². The molecule has 0 aliphatic carbocycles. The fraction of sp³-hybridized carbons (Fsp3) is 0.308. The molecule has 0 saturated heterocycles. The van der Waals surface area contributed by atoms with Crippen LogP contribution in [0, 0.1) is 0 Å². The van der Waals surface area contributed by atoms with Crippen LogP contribution >= 0.6 is 0 Å². The van der Waals surface area contributed by atoms with E-state index >= 15 is 0 Å². The highest BCUT2D eigenvalue weighted by Crippen LogP contribution is 2.17. The molecule has 2 N–H and O–H groups in total. The lowest BCUT2D eigenvalue weighted by molar-refractivity contribution is -0.138. The summed E-state index contributed by atoms with van der Waals surface area (Å²) in [6.45, 7) is 1.44. The van der Waals surface area contributed by atoms with Crippen LogP contribution in [0.3, 0.4) is 0 Å². The second-order valence-corrected chi connectivity index (χ2v) is 6.46. The topological polar surface area (TPSA) is 123 Å². The summed E-state index contributed by atoms with van der Waals surface area (Å²) < 4.78 is 33.1. The van der Waals surface area contributed by atoms with Crippen molar-refractivity contribution in [2.75, 3.05) is 0 Å². The predicted molar refractivity (Wildman–Crippen MR) is 79.2 cm³/mol. The Morgan fingerprint density at radius 3 is 2.57 bits per heavy atom. The van der Waals surface area contributed by atoms with Gasteiger partial charge in [-0.3, -0.25) is 9.48 Å². The lowest BCUT2D eigenvalue weighted by atomic mass is 10.3. The zero-order valence-corrected chi connectivity index (χ0v) is 13.3. The summed E-state index contributed by atoms with van der Waals surface area (Å²) in [7, 11) is -2.17. The standard InChI is InChI=1S/C13H16N4O5S/c1-9(13(18)19)16-23(20,21)11-5-3-10(4-6-11)22-7-12-14-8-15-17(12)2/h3-6,8-9,16H,7H2,1-2H3,(H,18,19). The van der Waals surface area contributed by atoms with Gasteiger partial charge in [-0.25, -0.2) is 13.4 Å². The number of hydrogen-bond donors (Lipinski definition) is 2. The average molecular weight is 340 g/mol. The van der Waals surface area contributed by atoms with Gasteiger partial charge in [-0.15, -0.1) is 0 Å². The van der Waals surface area contributed by atoms with Gasteiger partial charge in [-0.05, 0) is 31.2 Å². The van der Waals surface area contributed by atoms with Crippen molar-refractivity contribution in [1.82, 2.24) is 19.5 Å². The normalized spacial score (nSPS) is 12.8. The minimum absolute atomic E-state index is 0.0448. The van der Waals surface area contributed by atoms with E-state index in [0.29, 0.717) is 11.6 Å². The summed E-state index contributed by atoms with van der Waals surface area (Å²) in [6.07, 6.45) is 1.41. The molecule has 1 atom stereocenters. The van der Waals surface area contributed by atoms with Crippen LogP contribution in [0.25, 0.3) is 0 Å². The molecule has 0 bridgehead atoms. The van der Waals surface area contributed by atoms with Gasteiger partial charge in [0.15, 0.2) is 5.82 Å². The molecule has 23 heavy (non-hydrogen) atoms. The Kier molecular flexibility index (Phi) is 4.96. The molecule has 2 rings (SSSR count). The van der Waals surface area contributed by atoms with Crippen molar-refractivity contribution in [2.45, 2.75) is 24.5 Å². The maximum Gasteiger partial charge on any atom is 0.321 e. The third-order valence-corrected chi connectivity index (χ3v) is 4.57. The van der Waals surface area contributed by atoms with E-state index < -0.39 is 22.0 Å². The van der Waals surface area contributed by atoms with Crippen molar-refractivity contribution in [2.24, 2.45) is 7.05 Å². The van der Waals surface area contributed by atoms with Crippen LogP contribution in [-0.2, 0) is 28.5 Å². The summed E-state index contributed by atoms with van der Waals surface area (Å²) in [6, 6.07) is 4.42. The molecule has 10 heteroatoms. The number of rotatable bonds is 7. The summed E-state index contributed by atoms with van der Waals surface area (Å²) >= 11 is 0. The van der Waals surface area contributed by atoms with E-state index in [4.69, 9.17) is 9.84 Å². The zero-order valence-electron chi connectivity index (χ0n) is 12.5. The van der Waals surface area contributed by atoms with Gasteiger partial charge < -0.3 is 9.84 Å². The van der Waals surface area contributed by atoms with Crippen molar-refractivity contribution in [3.05, 3.63) is 36.4 Å². The molecule has 9 nitrogen and oxygen atoms in total. The molecule has 124 valence electrons. The number of carboxylic acid groups (broad SMARTS) is 1. The first-order valence-corrected chi connectivity index (χ1v) is 8.09. The monoisotopic (exact) mass is 340 g/mol. The third-order valence-electron chi connectivity index (χ3n) is 3.01. The lowest BCUT2D eigenvalue weighted by Crippen LogP contribution is -2.38. The van der Waals surface area contributed by atoms with Crippen LogP contribution < -0.4 is 9.46 Å². The van der Waals surface area contributed by atoms with Crippen molar-refractivity contribution in [3.63, 3.8) is 0 Å². The summed E-state index contributed by atoms with van der Waals surface area (Å²) in [4.78, 5) is 14.7. The highest BCUT2D eigenvalue weighted by atomic mass is 32.2. The highest BCUT2D eigenvalue weighted by Gasteiger charge is 2.21. The first-order chi connectivity index (χ1) is 10.8. The lowest BCUT2D eigenvalue weighted by Gasteiger charge is -2.11. The van der Waals surface area contributed by atoms with Gasteiger partial charge in [0.25, 0.3) is 0 Å². The van der Waals surface area contributed by atoms with E-state index in [0.717, 1.165) is 0 Å². The van der Waals surface area contributed by atoms with Crippen molar-refractivity contribution in [1.29, 1.82) is 0 Å². The van der Waals surface area contributed by atoms with Crippen LogP contribution in [0.5, 0.6) is 5.75 Å². The third kappa shape index (κ3) is 4.27. The molecule has 2 aromatic rings. The first kappa shape index (κ1) is 16.9. The van der Waals surface area contributed by atoms with E-state index in [9.17, 15) is 13.2 Å². The number of hydrogen-bond acceptors (Lipinski definition) is 6. The Morgan fingerprint density at radius 2 is 2.04 bits per heavy atom. The van der Waals surface area contributed by atoms with Gasteiger partial charge >= 0.3 is 5.97 Å². The molecule has 1 aromatic carbocycles. The number of carbonyl (C=O) groups is 1. The van der Waals surface area contributed by atoms with E-state index in [1.165, 1.54) is 37.5 Å². The van der Waals surface area contributed by atoms with Crippen LogP contribution in [0.2, 0.25) is 0 Å². The Labute approximate surface area is 133 Å². The number of carboxylic acids is 1. The summed E-state index contributed by atoms with van der Waals surface area (Å²) in [5.41, 5.74) is 0. The SMILES string of the molecule is CC(NS(=O)(=O)c1ccc(OCc2ncnn2C)cc1)C(=O)O. The maximum absolute atomic E-state index is 12.0. The van der Waals surface area contributed by atoms with Crippen molar-refractivity contribution >= 4 is 16.0 Å². The number of benzene rings is 1. The molecule has 0 fully saturated rings. The maximum atomic E-state index is 12.0. The largest absolute Gasteiger partial charge is 0.486 e. The second-order valence-electron chi connectivity index (χ2n) is 4.74. The molecule has 0 aliphatic rings. The van der Waals surface area contributed by atoms with E-state index in [1.807, 2.05) is 0 Å². The molecule has 0 spiro atoms. The fourth-order valence-corrected chi connectivity index (χ4v) is 2.86. The Balaban J connectivity index is 2.04. The minimum atomic E-state index is -3.90. The molecule has 0 saturated carbocycles. The molecular formula is C13H16N4O5S. The number of aromatic nitrogens is 3. The number of ether oxygens (including phenoxy) is 1. The molecule has 0 aliphatic heterocycles. The van der Waals surface area contributed by atoms with Gasteiger partial charge in [0.05, 0.1) is 4.90 Å². The quantitative estimate of drug-likeness (QED) is 0.735. The number of sulfonamides is 1. The van der Waals surface area contributed by atoms with Gasteiger partial charge in [0.2, 0.25) is 10.0 Å². The number of aliphatic carboxylic acids is 1. The minimum Gasteiger partial charge on any atom is -0.486 e. The Bertz CT molecular complexity index is 785. The molecule has 0 radical (unpaired) electrons. The molecule has 1 aromatic heterocycles. The summed E-state index contributed by atoms with van der Waals surface area (Å²) in [5.74, 6) is -0.172. The van der Waals surface area contributed by atoms with Crippen molar-refractivity contribution < 1.29 is 23.1 Å². The molecular weight excluding hydrogens is 324 g/mol. The number of nitrogens with zero attached hydrogens (tertiary/aromatic N) is 3. The van der Waals surface area contributed by atoms with Gasteiger partial charge in [-0.1, -0.05) is 0 Å². The van der Waals surface area contributed by atoms with Gasteiger partial charge in [-0.2, -0.15) is 9.82 Å². The zero-order chi connectivity index (χ0) is 17.0. The van der Waals surface area contributed by atoms with Crippen molar-refractivity contribution in [3.8, 4) is 5.75 Å². The first-order valence-electron chi connectivity index (χ1n) is 6.60. The fourth-order valence-electron chi connectivity index (χ4n) is 1.66. The smallest absolute Gasteiger partial charge is 0.321 e.